The van der Waals surface area contributed by atoms with E-state index in [1.165, 1.54) is 0 Å². The van der Waals surface area contributed by atoms with E-state index in [1.54, 1.807) is 6.92 Å². The largest absolute Gasteiger partial charge is 0.464 e. The monoisotopic (exact) mass is 285 g/mol. The molecule has 2 N–H and O–H groups in total. The summed E-state index contributed by atoms with van der Waals surface area (Å²) in [6.45, 7) is 6.22. The van der Waals surface area contributed by atoms with E-state index >= 15 is 0 Å². The van der Waals surface area contributed by atoms with Crippen LogP contribution in [0.5, 0.6) is 0 Å². The lowest BCUT2D eigenvalue weighted by Gasteiger charge is -2.15. The van der Waals surface area contributed by atoms with Gasteiger partial charge in [0.15, 0.2) is 0 Å². The third kappa shape index (κ3) is 4.82. The van der Waals surface area contributed by atoms with Crippen molar-refractivity contribution in [3.63, 3.8) is 0 Å². The van der Waals surface area contributed by atoms with Crippen molar-refractivity contribution in [2.24, 2.45) is 5.73 Å². The predicted octanol–water partition coefficient (Wildman–Crippen LogP) is 2.54. The molecule has 5 heteroatoms. The van der Waals surface area contributed by atoms with Crippen LogP contribution in [0.3, 0.4) is 0 Å². The molecule has 0 aromatic heterocycles. The Balaban J connectivity index is 2.56. The van der Waals surface area contributed by atoms with Crippen molar-refractivity contribution in [3.8, 4) is 0 Å². The predicted molar refractivity (Wildman–Crippen MR) is 75.3 cm³/mol. The average Bonchev–Trinajstić information content (AvgIpc) is 2.34. The number of rotatable bonds is 6. The zero-order valence-electron chi connectivity index (χ0n) is 11.5. The summed E-state index contributed by atoms with van der Waals surface area (Å²) >= 11 is 6.16. The van der Waals surface area contributed by atoms with Gasteiger partial charge in [-0.05, 0) is 43.5 Å². The van der Waals surface area contributed by atoms with Gasteiger partial charge in [0.1, 0.15) is 6.61 Å². The molecular formula is C14H20ClNO3. The minimum atomic E-state index is -0.388. The van der Waals surface area contributed by atoms with Crippen LogP contribution >= 0.6 is 11.6 Å². The maximum atomic E-state index is 11.1. The standard InChI is InChI=1S/C14H20ClNO3/c1-4-19-14(17)8-18-7-13(16)11-5-9(2)10(3)6-12(11)15/h5-6,13H,4,7-8,16H2,1-3H3. The molecular weight excluding hydrogens is 266 g/mol. The fraction of sp³-hybridized carbons (Fsp3) is 0.500. The molecule has 0 radical (unpaired) electrons. The van der Waals surface area contributed by atoms with Crippen LogP contribution in [0.1, 0.15) is 29.7 Å². The molecule has 19 heavy (non-hydrogen) atoms. The van der Waals surface area contributed by atoms with Crippen molar-refractivity contribution in [3.05, 3.63) is 33.8 Å². The molecule has 1 atom stereocenters. The topological polar surface area (TPSA) is 61.5 Å². The van der Waals surface area contributed by atoms with Gasteiger partial charge in [-0.15, -0.1) is 0 Å². The molecule has 0 bridgehead atoms. The van der Waals surface area contributed by atoms with Gasteiger partial charge >= 0.3 is 5.97 Å². The van der Waals surface area contributed by atoms with E-state index in [2.05, 4.69) is 0 Å². The van der Waals surface area contributed by atoms with E-state index in [0.29, 0.717) is 11.6 Å². The first-order chi connectivity index (χ1) is 8.95. The van der Waals surface area contributed by atoms with Gasteiger partial charge in [0.05, 0.1) is 19.3 Å². The molecule has 0 spiro atoms. The highest BCUT2D eigenvalue weighted by molar-refractivity contribution is 6.31. The highest BCUT2D eigenvalue weighted by Gasteiger charge is 2.13. The van der Waals surface area contributed by atoms with Crippen LogP contribution in [0, 0.1) is 13.8 Å². The third-order valence-corrected chi connectivity index (χ3v) is 3.16. The van der Waals surface area contributed by atoms with Gasteiger partial charge in [-0.3, -0.25) is 0 Å². The fourth-order valence-electron chi connectivity index (χ4n) is 1.65. The molecule has 0 heterocycles. The summed E-state index contributed by atoms with van der Waals surface area (Å²) in [5.74, 6) is -0.388. The summed E-state index contributed by atoms with van der Waals surface area (Å²) in [7, 11) is 0. The number of carbonyl (C=O) groups excluding carboxylic acids is 1. The summed E-state index contributed by atoms with van der Waals surface area (Å²) < 4.78 is 9.99. The SMILES string of the molecule is CCOC(=O)COCC(N)c1cc(C)c(C)cc1Cl. The summed E-state index contributed by atoms with van der Waals surface area (Å²) in [6.07, 6.45) is 0. The Bertz CT molecular complexity index is 449. The lowest BCUT2D eigenvalue weighted by Crippen LogP contribution is -2.21. The molecule has 1 aromatic carbocycles. The Morgan fingerprint density at radius 1 is 1.37 bits per heavy atom. The van der Waals surface area contributed by atoms with Crippen LogP contribution in [0.15, 0.2) is 12.1 Å². The second-order valence-electron chi connectivity index (χ2n) is 4.38. The molecule has 106 valence electrons. The molecule has 4 nitrogen and oxygen atoms in total. The highest BCUT2D eigenvalue weighted by Crippen LogP contribution is 2.25. The zero-order valence-corrected chi connectivity index (χ0v) is 12.3. The number of aryl methyl sites for hydroxylation is 2. The van der Waals surface area contributed by atoms with Gasteiger partial charge < -0.3 is 15.2 Å². The second kappa shape index (κ2) is 7.48. The van der Waals surface area contributed by atoms with E-state index in [1.807, 2.05) is 26.0 Å². The molecule has 0 aliphatic rings. The number of hydrogen-bond donors (Lipinski definition) is 1. The maximum Gasteiger partial charge on any atom is 0.332 e. The van der Waals surface area contributed by atoms with Gasteiger partial charge in [-0.25, -0.2) is 4.79 Å². The zero-order chi connectivity index (χ0) is 14.4. The van der Waals surface area contributed by atoms with E-state index in [9.17, 15) is 4.79 Å². The van der Waals surface area contributed by atoms with Crippen LogP contribution < -0.4 is 5.73 Å². The first-order valence-electron chi connectivity index (χ1n) is 6.21. The molecule has 0 aliphatic carbocycles. The van der Waals surface area contributed by atoms with Gasteiger partial charge in [0.2, 0.25) is 0 Å². The molecule has 1 unspecified atom stereocenters. The number of esters is 1. The van der Waals surface area contributed by atoms with Gasteiger partial charge in [0, 0.05) is 5.02 Å². The molecule has 1 aromatic rings. The van der Waals surface area contributed by atoms with E-state index < -0.39 is 0 Å². The van der Waals surface area contributed by atoms with E-state index in [-0.39, 0.29) is 25.2 Å². The molecule has 0 saturated carbocycles. The van der Waals surface area contributed by atoms with Crippen molar-refractivity contribution in [1.29, 1.82) is 0 Å². The Labute approximate surface area is 118 Å². The van der Waals surface area contributed by atoms with Crippen molar-refractivity contribution in [2.75, 3.05) is 19.8 Å². The number of benzene rings is 1. The highest BCUT2D eigenvalue weighted by atomic mass is 35.5. The number of ether oxygens (including phenoxy) is 2. The van der Waals surface area contributed by atoms with Crippen molar-refractivity contribution >= 4 is 17.6 Å². The first kappa shape index (κ1) is 16.0. The second-order valence-corrected chi connectivity index (χ2v) is 4.79. The summed E-state index contributed by atoms with van der Waals surface area (Å²) in [5, 5.41) is 0.621. The van der Waals surface area contributed by atoms with Crippen LogP contribution in [-0.2, 0) is 14.3 Å². The van der Waals surface area contributed by atoms with Crippen LogP contribution in [0.4, 0.5) is 0 Å². The lowest BCUT2D eigenvalue weighted by molar-refractivity contribution is -0.148. The smallest absolute Gasteiger partial charge is 0.332 e. The molecule has 0 aliphatic heterocycles. The summed E-state index contributed by atoms with van der Waals surface area (Å²) in [4.78, 5) is 11.1. The normalized spacial score (nSPS) is 12.3. The Morgan fingerprint density at radius 2 is 2.00 bits per heavy atom. The number of carbonyl (C=O) groups is 1. The number of halogens is 1. The molecule has 1 rings (SSSR count). The Kier molecular flexibility index (Phi) is 6.28. The Morgan fingerprint density at radius 3 is 2.63 bits per heavy atom. The van der Waals surface area contributed by atoms with Gasteiger partial charge in [-0.1, -0.05) is 17.7 Å². The Hall–Kier alpha value is -1.10. The average molecular weight is 286 g/mol. The van der Waals surface area contributed by atoms with Crippen LogP contribution in [0.25, 0.3) is 0 Å². The maximum absolute atomic E-state index is 11.1. The quantitative estimate of drug-likeness (QED) is 0.816. The number of nitrogens with two attached hydrogens (primary N) is 1. The number of hydrogen-bond acceptors (Lipinski definition) is 4. The van der Waals surface area contributed by atoms with Crippen LogP contribution in [0.2, 0.25) is 5.02 Å². The third-order valence-electron chi connectivity index (χ3n) is 2.84. The van der Waals surface area contributed by atoms with Gasteiger partial charge in [0.25, 0.3) is 0 Å². The van der Waals surface area contributed by atoms with Crippen LogP contribution in [-0.4, -0.2) is 25.8 Å². The minimum absolute atomic E-state index is 0.0933. The van der Waals surface area contributed by atoms with E-state index in [4.69, 9.17) is 26.8 Å². The minimum Gasteiger partial charge on any atom is -0.464 e. The van der Waals surface area contributed by atoms with Crippen molar-refractivity contribution in [1.82, 2.24) is 0 Å². The van der Waals surface area contributed by atoms with Crippen molar-refractivity contribution in [2.45, 2.75) is 26.8 Å². The molecule has 0 fully saturated rings. The molecule has 0 saturated heterocycles. The summed E-state index contributed by atoms with van der Waals surface area (Å²) in [6, 6.07) is 3.48. The lowest BCUT2D eigenvalue weighted by atomic mass is 10.0. The van der Waals surface area contributed by atoms with Gasteiger partial charge in [-0.2, -0.15) is 0 Å². The van der Waals surface area contributed by atoms with E-state index in [0.717, 1.165) is 16.7 Å². The summed E-state index contributed by atoms with van der Waals surface area (Å²) in [5.41, 5.74) is 9.08. The first-order valence-corrected chi connectivity index (χ1v) is 6.59. The fourth-order valence-corrected chi connectivity index (χ4v) is 2.01. The molecule has 0 amide bonds. The van der Waals surface area contributed by atoms with Crippen molar-refractivity contribution < 1.29 is 14.3 Å².